The molecule has 1 aromatic carbocycles. The third kappa shape index (κ3) is 7.30. The monoisotopic (exact) mass is 631 g/mol. The highest BCUT2D eigenvalue weighted by molar-refractivity contribution is 5.90. The molecule has 0 radical (unpaired) electrons. The van der Waals surface area contributed by atoms with Crippen molar-refractivity contribution in [3.8, 4) is 11.6 Å². The number of carboxylic acid groups (broad SMARTS) is 1. The molecule has 3 aromatic rings. The highest BCUT2D eigenvalue weighted by Crippen LogP contribution is 2.42. The number of nitrogen functional groups attached to an aromatic ring is 1. The van der Waals surface area contributed by atoms with E-state index in [1.54, 1.807) is 13.0 Å². The number of halogens is 3. The van der Waals surface area contributed by atoms with Gasteiger partial charge in [0.15, 0.2) is 0 Å². The topological polar surface area (TPSA) is 158 Å². The van der Waals surface area contributed by atoms with Crippen molar-refractivity contribution in [2.75, 3.05) is 36.9 Å². The van der Waals surface area contributed by atoms with Gasteiger partial charge in [-0.15, -0.1) is 0 Å². The SMILES string of the molecule is Cc1ccn(-c2cc(C(=O)OCC(C)C)ccc2[C@@H](Oc2cc(N3CCC4(CC3)CNC(C(=O)O)C4)nc(N)n2)C(F)(F)F)n1. The zero-order valence-corrected chi connectivity index (χ0v) is 25.2. The van der Waals surface area contributed by atoms with Crippen LogP contribution in [0.5, 0.6) is 5.88 Å². The Labute approximate surface area is 257 Å². The summed E-state index contributed by atoms with van der Waals surface area (Å²) in [6, 6.07) is 6.07. The molecule has 4 heterocycles. The Bertz CT molecular complexity index is 1550. The van der Waals surface area contributed by atoms with Crippen molar-refractivity contribution < 1.29 is 37.3 Å². The van der Waals surface area contributed by atoms with E-state index in [1.807, 2.05) is 18.7 Å². The van der Waals surface area contributed by atoms with Gasteiger partial charge in [-0.1, -0.05) is 19.9 Å². The van der Waals surface area contributed by atoms with Crippen molar-refractivity contribution in [2.24, 2.45) is 11.3 Å². The van der Waals surface area contributed by atoms with Gasteiger partial charge in [-0.3, -0.25) is 4.79 Å². The number of rotatable bonds is 9. The molecule has 2 atom stereocenters. The fourth-order valence-corrected chi connectivity index (χ4v) is 5.73. The molecule has 1 spiro atoms. The van der Waals surface area contributed by atoms with E-state index < -0.39 is 30.3 Å². The number of alkyl halides is 3. The summed E-state index contributed by atoms with van der Waals surface area (Å²) in [6.45, 7) is 7.17. The third-order valence-electron chi connectivity index (χ3n) is 8.11. The van der Waals surface area contributed by atoms with E-state index in [0.717, 1.165) is 0 Å². The van der Waals surface area contributed by atoms with Crippen LogP contribution < -0.4 is 20.7 Å². The first-order valence-electron chi connectivity index (χ1n) is 14.7. The van der Waals surface area contributed by atoms with Gasteiger partial charge in [0.2, 0.25) is 17.9 Å². The van der Waals surface area contributed by atoms with Crippen molar-refractivity contribution in [1.82, 2.24) is 25.1 Å². The molecule has 2 saturated heterocycles. The largest absolute Gasteiger partial charge is 0.480 e. The lowest BCUT2D eigenvalue weighted by atomic mass is 9.76. The molecule has 2 fully saturated rings. The zero-order chi connectivity index (χ0) is 32.5. The number of nitrogens with one attached hydrogen (secondary N) is 1. The van der Waals surface area contributed by atoms with Crippen molar-refractivity contribution in [2.45, 2.75) is 58.4 Å². The van der Waals surface area contributed by atoms with Gasteiger partial charge in [0.25, 0.3) is 0 Å². The number of nitrogens with two attached hydrogens (primary N) is 1. The number of carboxylic acids is 1. The summed E-state index contributed by atoms with van der Waals surface area (Å²) < 4.78 is 56.2. The van der Waals surface area contributed by atoms with E-state index in [4.69, 9.17) is 15.2 Å². The van der Waals surface area contributed by atoms with Crippen molar-refractivity contribution in [3.63, 3.8) is 0 Å². The predicted molar refractivity (Wildman–Crippen MR) is 157 cm³/mol. The van der Waals surface area contributed by atoms with E-state index in [9.17, 15) is 27.9 Å². The lowest BCUT2D eigenvalue weighted by Gasteiger charge is -2.39. The van der Waals surface area contributed by atoms with Gasteiger partial charge < -0.3 is 30.5 Å². The molecule has 1 unspecified atom stereocenters. The number of aromatic nitrogens is 4. The first-order valence-corrected chi connectivity index (χ1v) is 14.7. The standard InChI is InChI=1S/C30H36F3N7O5/c1-17(2)15-44-27(43)19-4-5-20(22(12-19)40-9-6-18(3)38-40)25(30(31,32)33)45-24-13-23(36-28(34)37-24)39-10-7-29(8-11-39)14-21(26(41)42)35-16-29/h4-6,9,12-13,17,21,25,35H,7-8,10-11,14-16H2,1-3H3,(H,41,42)(H2,34,36,37)/t21?,25-/m1/s1. The number of hydrogen-bond acceptors (Lipinski definition) is 10. The molecule has 5 rings (SSSR count). The molecule has 12 nitrogen and oxygen atoms in total. The second kappa shape index (κ2) is 12.5. The van der Waals surface area contributed by atoms with Gasteiger partial charge in [-0.2, -0.15) is 28.2 Å². The van der Waals surface area contributed by atoms with Crippen LogP contribution in [0.15, 0.2) is 36.5 Å². The maximum atomic E-state index is 14.7. The second-order valence-electron chi connectivity index (χ2n) is 12.1. The molecule has 2 aromatic heterocycles. The number of carbonyl (C=O) groups excluding carboxylic acids is 1. The van der Waals surface area contributed by atoms with E-state index in [2.05, 4.69) is 20.4 Å². The quantitative estimate of drug-likeness (QED) is 0.292. The molecule has 45 heavy (non-hydrogen) atoms. The minimum Gasteiger partial charge on any atom is -0.480 e. The number of aryl methyl sites for hydroxylation is 1. The molecule has 0 aliphatic carbocycles. The van der Waals surface area contributed by atoms with E-state index >= 15 is 0 Å². The molecule has 0 bridgehead atoms. The van der Waals surface area contributed by atoms with Gasteiger partial charge in [-0.25, -0.2) is 9.48 Å². The Morgan fingerprint density at radius 1 is 1.18 bits per heavy atom. The average Bonchev–Trinajstić information content (AvgIpc) is 3.60. The normalized spacial score (nSPS) is 18.7. The number of nitrogens with zero attached hydrogens (tertiary/aromatic N) is 5. The molecular weight excluding hydrogens is 595 g/mol. The van der Waals surface area contributed by atoms with Gasteiger partial charge in [0.05, 0.1) is 23.6 Å². The van der Waals surface area contributed by atoms with Gasteiger partial charge in [0, 0.05) is 37.5 Å². The number of carbonyl (C=O) groups is 2. The lowest BCUT2D eigenvalue weighted by Crippen LogP contribution is -2.41. The number of aliphatic carboxylic acids is 1. The van der Waals surface area contributed by atoms with Gasteiger partial charge in [-0.05, 0) is 55.7 Å². The molecule has 2 aliphatic rings. The average molecular weight is 632 g/mol. The number of anilines is 2. The summed E-state index contributed by atoms with van der Waals surface area (Å²) in [6.07, 6.45) is -4.04. The van der Waals surface area contributed by atoms with Crippen LogP contribution in [0.4, 0.5) is 24.9 Å². The zero-order valence-electron chi connectivity index (χ0n) is 25.2. The van der Waals surface area contributed by atoms with E-state index in [0.29, 0.717) is 50.4 Å². The third-order valence-corrected chi connectivity index (χ3v) is 8.11. The molecule has 0 amide bonds. The van der Waals surface area contributed by atoms with Crippen molar-refractivity contribution in [1.29, 1.82) is 0 Å². The molecule has 0 saturated carbocycles. The molecule has 242 valence electrons. The Morgan fingerprint density at radius 3 is 2.51 bits per heavy atom. The minimum atomic E-state index is -4.90. The summed E-state index contributed by atoms with van der Waals surface area (Å²) in [4.78, 5) is 34.2. The number of esters is 1. The van der Waals surface area contributed by atoms with Crippen LogP contribution in [0.3, 0.4) is 0 Å². The number of piperidine rings is 1. The summed E-state index contributed by atoms with van der Waals surface area (Å²) in [5, 5.41) is 16.7. The summed E-state index contributed by atoms with van der Waals surface area (Å²) >= 11 is 0. The van der Waals surface area contributed by atoms with Crippen molar-refractivity contribution >= 4 is 23.7 Å². The molecule has 15 heteroatoms. The number of benzene rings is 1. The number of hydrogen-bond donors (Lipinski definition) is 3. The van der Waals surface area contributed by atoms with Gasteiger partial charge >= 0.3 is 18.1 Å². The Hall–Kier alpha value is -4.40. The van der Waals surface area contributed by atoms with E-state index in [-0.39, 0.29) is 46.6 Å². The molecule has 4 N–H and O–H groups in total. The van der Waals surface area contributed by atoms with Crippen LogP contribution in [-0.4, -0.2) is 75.3 Å². The van der Waals surface area contributed by atoms with Crippen LogP contribution in [0.25, 0.3) is 5.69 Å². The van der Waals surface area contributed by atoms with Crippen LogP contribution in [-0.2, 0) is 9.53 Å². The van der Waals surface area contributed by atoms with Gasteiger partial charge in [0.1, 0.15) is 11.9 Å². The Kier molecular flexibility index (Phi) is 8.92. The molecule has 2 aliphatic heterocycles. The van der Waals surface area contributed by atoms with Crippen LogP contribution in [0, 0.1) is 18.3 Å². The van der Waals surface area contributed by atoms with E-state index in [1.165, 1.54) is 35.1 Å². The first kappa shape index (κ1) is 32.0. The number of ether oxygens (including phenoxy) is 2. The minimum absolute atomic E-state index is 0.0159. The smallest absolute Gasteiger partial charge is 0.429 e. The van der Waals surface area contributed by atoms with Crippen LogP contribution in [0.2, 0.25) is 0 Å². The maximum Gasteiger partial charge on any atom is 0.429 e. The first-order chi connectivity index (χ1) is 21.2. The predicted octanol–water partition coefficient (Wildman–Crippen LogP) is 4.08. The highest BCUT2D eigenvalue weighted by Gasteiger charge is 2.46. The lowest BCUT2D eigenvalue weighted by molar-refractivity contribution is -0.198. The fraction of sp³-hybridized carbons (Fsp3) is 0.500. The van der Waals surface area contributed by atoms with Crippen LogP contribution >= 0.6 is 0 Å². The van der Waals surface area contributed by atoms with Crippen LogP contribution in [0.1, 0.15) is 60.8 Å². The highest BCUT2D eigenvalue weighted by atomic mass is 19.4. The summed E-state index contributed by atoms with van der Waals surface area (Å²) in [5.41, 5.74) is 6.06. The fourth-order valence-electron chi connectivity index (χ4n) is 5.73. The molecular formula is C30H36F3N7O5. The Morgan fingerprint density at radius 2 is 1.91 bits per heavy atom. The maximum absolute atomic E-state index is 14.7. The summed E-state index contributed by atoms with van der Waals surface area (Å²) in [5.74, 6) is -1.82. The Balaban J connectivity index is 1.42. The summed E-state index contributed by atoms with van der Waals surface area (Å²) in [7, 11) is 0. The van der Waals surface area contributed by atoms with Crippen molar-refractivity contribution in [3.05, 3.63) is 53.3 Å². The second-order valence-corrected chi connectivity index (χ2v) is 12.1.